The van der Waals surface area contributed by atoms with Gasteiger partial charge in [0, 0.05) is 17.8 Å². The van der Waals surface area contributed by atoms with E-state index in [1.165, 1.54) is 0 Å². The van der Waals surface area contributed by atoms with Crippen molar-refractivity contribution in [2.24, 2.45) is 17.6 Å². The smallest absolute Gasteiger partial charge is 0.0181 e. The number of hydrogen-bond acceptors (Lipinski definition) is 3. The summed E-state index contributed by atoms with van der Waals surface area (Å²) in [7, 11) is 0. The zero-order valence-corrected chi connectivity index (χ0v) is 8.52. The van der Waals surface area contributed by atoms with Crippen molar-refractivity contribution >= 4 is 11.3 Å². The van der Waals surface area contributed by atoms with Gasteiger partial charge >= 0.3 is 0 Å². The van der Waals surface area contributed by atoms with Crippen LogP contribution in [0.3, 0.4) is 0 Å². The molecule has 0 radical (unpaired) electrons. The summed E-state index contributed by atoms with van der Waals surface area (Å²) in [5.74, 6) is 1.18. The molecule has 0 saturated heterocycles. The molecule has 1 aliphatic carbocycles. The van der Waals surface area contributed by atoms with E-state index in [1.807, 2.05) is 0 Å². The molecule has 0 aromatic rings. The molecule has 0 aromatic carbocycles. The van der Waals surface area contributed by atoms with Crippen LogP contribution in [0.2, 0.25) is 0 Å². The fourth-order valence-electron chi connectivity index (χ4n) is 1.86. The first-order valence-electron chi connectivity index (χ1n) is 4.75. The minimum absolute atomic E-state index is 0.515. The Balaban J connectivity index is 2.14. The molecular formula is C8H17N2O2S-. The lowest BCUT2D eigenvalue weighted by molar-refractivity contribution is 0.280. The molecule has 0 heterocycles. The van der Waals surface area contributed by atoms with Gasteiger partial charge in [0.2, 0.25) is 0 Å². The summed E-state index contributed by atoms with van der Waals surface area (Å²) >= 11 is -2.10. The van der Waals surface area contributed by atoms with Crippen LogP contribution in [0.5, 0.6) is 0 Å². The van der Waals surface area contributed by atoms with Crippen molar-refractivity contribution in [3.8, 4) is 0 Å². The van der Waals surface area contributed by atoms with Crippen LogP contribution in [0, 0.1) is 11.8 Å². The van der Waals surface area contributed by atoms with E-state index in [1.54, 1.807) is 0 Å². The summed E-state index contributed by atoms with van der Waals surface area (Å²) in [6.07, 6.45) is 4.50. The van der Waals surface area contributed by atoms with Crippen molar-refractivity contribution in [2.75, 3.05) is 13.1 Å². The summed E-state index contributed by atoms with van der Waals surface area (Å²) in [5.41, 5.74) is 5.56. The van der Waals surface area contributed by atoms with Crippen LogP contribution < -0.4 is 10.5 Å². The highest BCUT2D eigenvalue weighted by Crippen LogP contribution is 2.27. The van der Waals surface area contributed by atoms with Gasteiger partial charge in [-0.15, -0.1) is 0 Å². The van der Waals surface area contributed by atoms with Crippen LogP contribution in [-0.2, 0) is 11.3 Å². The fourth-order valence-corrected chi connectivity index (χ4v) is 2.23. The van der Waals surface area contributed by atoms with Crippen molar-refractivity contribution in [1.82, 2.24) is 4.72 Å². The molecule has 1 unspecified atom stereocenters. The third-order valence-electron chi connectivity index (χ3n) is 2.79. The Morgan fingerprint density at radius 2 is 1.85 bits per heavy atom. The normalized spacial score (nSPS) is 31.5. The van der Waals surface area contributed by atoms with Gasteiger partial charge in [-0.25, -0.2) is 4.72 Å². The van der Waals surface area contributed by atoms with Crippen LogP contribution >= 0.6 is 0 Å². The zero-order valence-electron chi connectivity index (χ0n) is 7.70. The molecular weight excluding hydrogens is 188 g/mol. The van der Waals surface area contributed by atoms with Gasteiger partial charge in [0.15, 0.2) is 0 Å². The van der Waals surface area contributed by atoms with Crippen LogP contribution in [0.1, 0.15) is 25.7 Å². The average molecular weight is 205 g/mol. The second kappa shape index (κ2) is 5.70. The molecule has 0 spiro atoms. The second-order valence-electron chi connectivity index (χ2n) is 3.71. The molecule has 0 amide bonds. The van der Waals surface area contributed by atoms with Crippen LogP contribution in [0.25, 0.3) is 0 Å². The Kier molecular flexibility index (Phi) is 4.87. The highest BCUT2D eigenvalue weighted by molar-refractivity contribution is 7.77. The predicted octanol–water partition coefficient (Wildman–Crippen LogP) is 0.135. The maximum atomic E-state index is 10.2. The number of nitrogens with two attached hydrogens (primary N) is 1. The molecule has 3 N–H and O–H groups in total. The third kappa shape index (κ3) is 4.17. The molecule has 1 atom stereocenters. The van der Waals surface area contributed by atoms with E-state index in [0.717, 1.165) is 32.2 Å². The lowest BCUT2D eigenvalue weighted by atomic mass is 9.82. The van der Waals surface area contributed by atoms with Gasteiger partial charge in [-0.3, -0.25) is 4.21 Å². The lowest BCUT2D eigenvalue weighted by Gasteiger charge is -2.27. The van der Waals surface area contributed by atoms with Gasteiger partial charge in [-0.05, 0) is 44.1 Å². The molecule has 1 saturated carbocycles. The molecule has 0 bridgehead atoms. The highest BCUT2D eigenvalue weighted by atomic mass is 32.2. The highest BCUT2D eigenvalue weighted by Gasteiger charge is 2.19. The number of rotatable bonds is 4. The first-order valence-corrected chi connectivity index (χ1v) is 5.82. The summed E-state index contributed by atoms with van der Waals surface area (Å²) in [6, 6.07) is 0. The maximum absolute atomic E-state index is 10.2. The summed E-state index contributed by atoms with van der Waals surface area (Å²) < 4.78 is 22.9. The van der Waals surface area contributed by atoms with Crippen LogP contribution in [0.15, 0.2) is 0 Å². The van der Waals surface area contributed by atoms with Crippen molar-refractivity contribution in [3.05, 3.63) is 0 Å². The van der Waals surface area contributed by atoms with Gasteiger partial charge in [0.1, 0.15) is 0 Å². The van der Waals surface area contributed by atoms with E-state index in [2.05, 4.69) is 4.72 Å². The Labute approximate surface area is 81.7 Å². The van der Waals surface area contributed by atoms with E-state index in [9.17, 15) is 8.76 Å². The van der Waals surface area contributed by atoms with E-state index in [-0.39, 0.29) is 0 Å². The molecule has 4 nitrogen and oxygen atoms in total. The third-order valence-corrected chi connectivity index (χ3v) is 3.19. The number of nitrogens with one attached hydrogen (secondary N) is 1. The Morgan fingerprint density at radius 1 is 1.31 bits per heavy atom. The minimum Gasteiger partial charge on any atom is -0.760 e. The summed E-state index contributed by atoms with van der Waals surface area (Å²) in [4.78, 5) is 0. The molecule has 1 fully saturated rings. The maximum Gasteiger partial charge on any atom is 0.0181 e. The Bertz CT molecular complexity index is 170. The zero-order chi connectivity index (χ0) is 9.68. The van der Waals surface area contributed by atoms with E-state index in [4.69, 9.17) is 5.73 Å². The van der Waals surface area contributed by atoms with Crippen molar-refractivity contribution in [1.29, 1.82) is 0 Å². The lowest BCUT2D eigenvalue weighted by Crippen LogP contribution is -2.29. The molecule has 0 aliphatic heterocycles. The quantitative estimate of drug-likeness (QED) is 0.641. The largest absolute Gasteiger partial charge is 0.760 e. The molecule has 13 heavy (non-hydrogen) atoms. The molecule has 5 heteroatoms. The van der Waals surface area contributed by atoms with Crippen molar-refractivity contribution in [3.63, 3.8) is 0 Å². The Morgan fingerprint density at radius 3 is 2.31 bits per heavy atom. The topological polar surface area (TPSA) is 78.2 Å². The van der Waals surface area contributed by atoms with Crippen LogP contribution in [0.4, 0.5) is 0 Å². The summed E-state index contributed by atoms with van der Waals surface area (Å²) in [6.45, 7) is 1.36. The Hall–Kier alpha value is 0.0300. The SMILES string of the molecule is NCC1CCC(CNS(=O)[O-])CC1. The standard InChI is InChI=1S/C8H18N2O2S/c9-5-7-1-3-8(4-2-7)6-10-13(11)12/h7-8,10H,1-6,9H2,(H,11,12)/p-1. The molecule has 1 aliphatic rings. The molecule has 78 valence electrons. The van der Waals surface area contributed by atoms with Gasteiger partial charge < -0.3 is 10.3 Å². The molecule has 1 rings (SSSR count). The van der Waals surface area contributed by atoms with Gasteiger partial charge in [-0.2, -0.15) is 0 Å². The van der Waals surface area contributed by atoms with Gasteiger partial charge in [0.05, 0.1) is 0 Å². The minimum atomic E-state index is -2.10. The first kappa shape index (κ1) is 11.1. The van der Waals surface area contributed by atoms with Gasteiger partial charge in [-0.1, -0.05) is 0 Å². The van der Waals surface area contributed by atoms with E-state index < -0.39 is 11.3 Å². The fraction of sp³-hybridized carbons (Fsp3) is 1.00. The van der Waals surface area contributed by atoms with E-state index >= 15 is 0 Å². The van der Waals surface area contributed by atoms with Crippen molar-refractivity contribution in [2.45, 2.75) is 25.7 Å². The van der Waals surface area contributed by atoms with E-state index in [0.29, 0.717) is 18.4 Å². The van der Waals surface area contributed by atoms with Gasteiger partial charge in [0.25, 0.3) is 0 Å². The second-order valence-corrected chi connectivity index (χ2v) is 4.46. The summed E-state index contributed by atoms with van der Waals surface area (Å²) in [5, 5.41) is 0. The first-order chi connectivity index (χ1) is 6.22. The number of hydrogen-bond donors (Lipinski definition) is 2. The average Bonchev–Trinajstić information content (AvgIpc) is 2.15. The van der Waals surface area contributed by atoms with Crippen molar-refractivity contribution < 1.29 is 8.76 Å². The predicted molar refractivity (Wildman–Crippen MR) is 51.4 cm³/mol. The molecule has 0 aromatic heterocycles. The van der Waals surface area contributed by atoms with Crippen LogP contribution in [-0.4, -0.2) is 21.9 Å². The monoisotopic (exact) mass is 205 g/mol.